The molecule has 8 nitrogen and oxygen atoms in total. The minimum Gasteiger partial charge on any atom is -0.453 e. The van der Waals surface area contributed by atoms with Crippen molar-refractivity contribution in [1.29, 1.82) is 0 Å². The molecule has 2 aromatic carbocycles. The number of aromatic amines is 1. The van der Waals surface area contributed by atoms with Crippen LogP contribution in [-0.4, -0.2) is 27.0 Å². The highest BCUT2D eigenvalue weighted by Gasteiger charge is 2.19. The number of aromatic nitrogens is 3. The minimum absolute atomic E-state index is 0.0706. The Morgan fingerprint density at radius 1 is 1.11 bits per heavy atom. The van der Waals surface area contributed by atoms with Crippen molar-refractivity contribution in [3.05, 3.63) is 76.6 Å². The fraction of sp³-hybridized carbons (Fsp3) is 0.231. The minimum atomic E-state index is -0.946. The number of pyridine rings is 1. The van der Waals surface area contributed by atoms with Crippen molar-refractivity contribution in [2.24, 2.45) is 5.73 Å². The third-order valence-corrected chi connectivity index (χ3v) is 5.57. The van der Waals surface area contributed by atoms with Crippen molar-refractivity contribution >= 4 is 28.5 Å². The highest BCUT2D eigenvalue weighted by Crippen LogP contribution is 2.34. The lowest BCUT2D eigenvalue weighted by molar-refractivity contribution is -0.115. The number of anilines is 1. The Morgan fingerprint density at radius 3 is 2.50 bits per heavy atom. The maximum absolute atomic E-state index is 15.1. The molecular formula is C26H25F2N5O3. The van der Waals surface area contributed by atoms with Gasteiger partial charge in [-0.05, 0) is 36.2 Å². The molecule has 0 saturated carbocycles. The standard InChI is InChI=1S/C26H25F2N5O3/c1-13-7-14(9-23(34)31-22-12-21(32-33-22)26(2,3)4)8-18(28)24(13)36-20-5-6-30-19-11-17(27)15(25(29)35)10-16(19)20/h5-8,10-12H,9H2,1-4H3,(H2,29,35)(H2,31,32,33,34). The molecule has 2 heterocycles. The first-order valence-electron chi connectivity index (χ1n) is 11.1. The van der Waals surface area contributed by atoms with Gasteiger partial charge in [0.05, 0.1) is 17.5 Å². The monoisotopic (exact) mass is 493 g/mol. The number of amides is 2. The number of benzene rings is 2. The number of fused-ring (bicyclic) bond motifs is 1. The molecular weight excluding hydrogens is 468 g/mol. The summed E-state index contributed by atoms with van der Waals surface area (Å²) in [6, 6.07) is 8.38. The first-order valence-corrected chi connectivity index (χ1v) is 11.1. The molecule has 0 atom stereocenters. The van der Waals surface area contributed by atoms with E-state index in [-0.39, 0.29) is 40.3 Å². The van der Waals surface area contributed by atoms with E-state index in [9.17, 15) is 14.0 Å². The molecule has 4 rings (SSSR count). The Hall–Kier alpha value is -4.34. The molecule has 0 saturated heterocycles. The first kappa shape index (κ1) is 24.8. The SMILES string of the molecule is Cc1cc(CC(=O)Nc2cc(C(C)(C)C)[nH]n2)cc(F)c1Oc1ccnc2cc(F)c(C(N)=O)cc12. The summed E-state index contributed by atoms with van der Waals surface area (Å²) in [6.45, 7) is 7.70. The van der Waals surface area contributed by atoms with Gasteiger partial charge in [-0.1, -0.05) is 26.8 Å². The topological polar surface area (TPSA) is 123 Å². The highest BCUT2D eigenvalue weighted by molar-refractivity contribution is 5.98. The molecule has 0 fully saturated rings. The van der Waals surface area contributed by atoms with Gasteiger partial charge < -0.3 is 15.8 Å². The van der Waals surface area contributed by atoms with Crippen LogP contribution >= 0.6 is 0 Å². The number of H-pyrrole nitrogens is 1. The number of nitrogens with zero attached hydrogens (tertiary/aromatic N) is 2. The fourth-order valence-electron chi connectivity index (χ4n) is 3.71. The maximum atomic E-state index is 15.1. The number of nitrogens with one attached hydrogen (secondary N) is 2. The summed E-state index contributed by atoms with van der Waals surface area (Å²) >= 11 is 0. The Balaban J connectivity index is 1.55. The summed E-state index contributed by atoms with van der Waals surface area (Å²) in [6.07, 6.45) is 1.31. The maximum Gasteiger partial charge on any atom is 0.251 e. The van der Waals surface area contributed by atoms with Crippen molar-refractivity contribution < 1.29 is 23.1 Å². The number of nitrogens with two attached hydrogens (primary N) is 1. The molecule has 4 N–H and O–H groups in total. The molecule has 0 aliphatic heterocycles. The summed E-state index contributed by atoms with van der Waals surface area (Å²) in [4.78, 5) is 28.1. The van der Waals surface area contributed by atoms with Gasteiger partial charge in [-0.2, -0.15) is 5.10 Å². The van der Waals surface area contributed by atoms with Crippen LogP contribution < -0.4 is 15.8 Å². The number of carbonyl (C=O) groups excluding carboxylic acids is 2. The van der Waals surface area contributed by atoms with E-state index < -0.39 is 17.5 Å². The van der Waals surface area contributed by atoms with Gasteiger partial charge >= 0.3 is 0 Å². The van der Waals surface area contributed by atoms with Crippen molar-refractivity contribution in [3.63, 3.8) is 0 Å². The van der Waals surface area contributed by atoms with Crippen LogP contribution in [0, 0.1) is 18.6 Å². The average molecular weight is 494 g/mol. The molecule has 4 aromatic rings. The van der Waals surface area contributed by atoms with Gasteiger partial charge in [0.1, 0.15) is 11.6 Å². The Bertz CT molecular complexity index is 1470. The summed E-state index contributed by atoms with van der Waals surface area (Å²) < 4.78 is 35.0. The van der Waals surface area contributed by atoms with Gasteiger partial charge in [-0.3, -0.25) is 19.7 Å². The van der Waals surface area contributed by atoms with E-state index in [1.807, 2.05) is 20.8 Å². The van der Waals surface area contributed by atoms with Crippen molar-refractivity contribution in [2.45, 2.75) is 39.5 Å². The average Bonchev–Trinajstić information content (AvgIpc) is 3.24. The van der Waals surface area contributed by atoms with Crippen LogP contribution in [0.15, 0.2) is 42.6 Å². The summed E-state index contributed by atoms with van der Waals surface area (Å²) in [5, 5.41) is 10.00. The van der Waals surface area contributed by atoms with E-state index in [2.05, 4.69) is 20.5 Å². The second-order valence-electron chi connectivity index (χ2n) is 9.49. The van der Waals surface area contributed by atoms with E-state index in [0.717, 1.165) is 11.8 Å². The van der Waals surface area contributed by atoms with Gasteiger partial charge in [-0.25, -0.2) is 8.78 Å². The quantitative estimate of drug-likeness (QED) is 0.352. The van der Waals surface area contributed by atoms with Crippen LogP contribution in [0.2, 0.25) is 0 Å². The number of ether oxygens (including phenoxy) is 1. The van der Waals surface area contributed by atoms with E-state index in [1.54, 1.807) is 19.1 Å². The lowest BCUT2D eigenvalue weighted by Crippen LogP contribution is -2.15. The zero-order valence-corrected chi connectivity index (χ0v) is 20.2. The van der Waals surface area contributed by atoms with Crippen LogP contribution in [0.5, 0.6) is 11.5 Å². The van der Waals surface area contributed by atoms with E-state index in [0.29, 0.717) is 22.3 Å². The van der Waals surface area contributed by atoms with Crippen LogP contribution in [0.4, 0.5) is 14.6 Å². The van der Waals surface area contributed by atoms with Crippen LogP contribution in [0.3, 0.4) is 0 Å². The Labute approximate surface area is 205 Å². The molecule has 0 bridgehead atoms. The molecule has 0 spiro atoms. The van der Waals surface area contributed by atoms with Crippen LogP contribution in [-0.2, 0) is 16.6 Å². The second-order valence-corrected chi connectivity index (χ2v) is 9.49. The second kappa shape index (κ2) is 9.37. The van der Waals surface area contributed by atoms with Crippen molar-refractivity contribution in [3.8, 4) is 11.5 Å². The zero-order valence-electron chi connectivity index (χ0n) is 20.2. The Morgan fingerprint density at radius 2 is 1.86 bits per heavy atom. The van der Waals surface area contributed by atoms with E-state index >= 15 is 4.39 Å². The molecule has 2 aromatic heterocycles. The van der Waals surface area contributed by atoms with Gasteiger partial charge in [-0.15, -0.1) is 0 Å². The lowest BCUT2D eigenvalue weighted by atomic mass is 9.92. The molecule has 0 unspecified atom stereocenters. The molecule has 36 heavy (non-hydrogen) atoms. The third-order valence-electron chi connectivity index (χ3n) is 5.57. The number of hydrogen-bond acceptors (Lipinski definition) is 5. The summed E-state index contributed by atoms with van der Waals surface area (Å²) in [5.41, 5.74) is 6.73. The van der Waals surface area contributed by atoms with Gasteiger partial charge in [0.2, 0.25) is 5.91 Å². The molecule has 2 amide bonds. The predicted molar refractivity (Wildman–Crippen MR) is 131 cm³/mol. The number of hydrogen-bond donors (Lipinski definition) is 3. The number of aryl methyl sites for hydroxylation is 1. The summed E-state index contributed by atoms with van der Waals surface area (Å²) in [5.74, 6) is -2.31. The van der Waals surface area contributed by atoms with E-state index in [1.165, 1.54) is 24.4 Å². The Kier molecular flexibility index (Phi) is 6.45. The molecule has 0 aliphatic carbocycles. The smallest absolute Gasteiger partial charge is 0.251 e. The number of halogens is 2. The zero-order chi connectivity index (χ0) is 26.2. The normalized spacial score (nSPS) is 11.5. The van der Waals surface area contributed by atoms with E-state index in [4.69, 9.17) is 10.5 Å². The van der Waals surface area contributed by atoms with Gasteiger partial charge in [0, 0.05) is 34.8 Å². The molecule has 186 valence electrons. The number of rotatable bonds is 6. The fourth-order valence-corrected chi connectivity index (χ4v) is 3.71. The molecule has 0 aliphatic rings. The van der Waals surface area contributed by atoms with Gasteiger partial charge in [0.25, 0.3) is 5.91 Å². The number of carbonyl (C=O) groups is 2. The van der Waals surface area contributed by atoms with Crippen LogP contribution in [0.1, 0.15) is 48.0 Å². The predicted octanol–water partition coefficient (Wildman–Crippen LogP) is 4.91. The number of primary amides is 1. The molecule has 10 heteroatoms. The third kappa shape index (κ3) is 5.17. The molecule has 0 radical (unpaired) electrons. The largest absolute Gasteiger partial charge is 0.453 e. The summed E-state index contributed by atoms with van der Waals surface area (Å²) in [7, 11) is 0. The van der Waals surface area contributed by atoms with Crippen molar-refractivity contribution in [2.75, 3.05) is 5.32 Å². The first-order chi connectivity index (χ1) is 16.9. The highest BCUT2D eigenvalue weighted by atomic mass is 19.1. The van der Waals surface area contributed by atoms with Crippen molar-refractivity contribution in [1.82, 2.24) is 15.2 Å². The lowest BCUT2D eigenvalue weighted by Gasteiger charge is -2.14. The van der Waals surface area contributed by atoms with Gasteiger partial charge in [0.15, 0.2) is 17.4 Å². The van der Waals surface area contributed by atoms with Crippen LogP contribution in [0.25, 0.3) is 10.9 Å².